The number of thiocarbonyl (C=S) groups is 1. The average Bonchev–Trinajstić information content (AvgIpc) is 2.35. The van der Waals surface area contributed by atoms with Gasteiger partial charge in [-0.05, 0) is 19.3 Å². The fourth-order valence-corrected chi connectivity index (χ4v) is 4.64. The molecule has 98 valence electrons. The summed E-state index contributed by atoms with van der Waals surface area (Å²) in [7, 11) is 3.01. The molecule has 1 rings (SSSR count). The second-order valence-corrected chi connectivity index (χ2v) is 7.15. The second-order valence-electron chi connectivity index (χ2n) is 4.83. The number of hydrogen-bond acceptors (Lipinski definition) is 2. The Labute approximate surface area is 113 Å². The number of allylic oxidation sites excluding steroid dienone is 1. The van der Waals surface area contributed by atoms with Crippen LogP contribution in [-0.4, -0.2) is 38.7 Å². The maximum Gasteiger partial charge on any atom is 0.0935 e. The quantitative estimate of drug-likeness (QED) is 0.567. The van der Waals surface area contributed by atoms with Gasteiger partial charge in [0.05, 0.1) is 10.2 Å². The topological polar surface area (TPSA) is 20.3 Å². The molecule has 0 bridgehead atoms. The van der Waals surface area contributed by atoms with Crippen molar-refractivity contribution in [1.82, 2.24) is 4.90 Å². The van der Waals surface area contributed by atoms with Crippen LogP contribution in [0.1, 0.15) is 38.5 Å². The van der Waals surface area contributed by atoms with Gasteiger partial charge in [-0.3, -0.25) is 4.21 Å². The smallest absolute Gasteiger partial charge is 0.0935 e. The van der Waals surface area contributed by atoms with E-state index in [1.165, 1.54) is 19.3 Å². The Morgan fingerprint density at radius 2 is 2.06 bits per heavy atom. The minimum Gasteiger partial charge on any atom is -0.371 e. The summed E-state index contributed by atoms with van der Waals surface area (Å²) >= 11 is 5.40. The van der Waals surface area contributed by atoms with E-state index in [2.05, 4.69) is 6.58 Å². The zero-order valence-electron chi connectivity index (χ0n) is 10.9. The van der Waals surface area contributed by atoms with Gasteiger partial charge in [-0.15, -0.1) is 6.58 Å². The second kappa shape index (κ2) is 7.27. The summed E-state index contributed by atoms with van der Waals surface area (Å²) in [5.74, 6) is 0. The van der Waals surface area contributed by atoms with Crippen LogP contribution in [0.3, 0.4) is 0 Å². The minimum atomic E-state index is -0.849. The summed E-state index contributed by atoms with van der Waals surface area (Å²) in [6.45, 7) is 3.76. The van der Waals surface area contributed by atoms with Crippen molar-refractivity contribution in [3.63, 3.8) is 0 Å². The van der Waals surface area contributed by atoms with Crippen molar-refractivity contribution in [2.24, 2.45) is 0 Å². The zero-order valence-corrected chi connectivity index (χ0v) is 12.5. The van der Waals surface area contributed by atoms with Gasteiger partial charge in [-0.1, -0.05) is 37.6 Å². The van der Waals surface area contributed by atoms with Crippen LogP contribution in [0, 0.1) is 0 Å². The fourth-order valence-electron chi connectivity index (χ4n) is 2.26. The normalized spacial score (nSPS) is 20.6. The first-order valence-electron chi connectivity index (χ1n) is 6.29. The summed E-state index contributed by atoms with van der Waals surface area (Å²) in [4.78, 5) is 2.71. The van der Waals surface area contributed by atoms with Gasteiger partial charge >= 0.3 is 0 Å². The molecule has 1 unspecified atom stereocenters. The number of nitrogens with zero attached hydrogens (tertiary/aromatic N) is 1. The lowest BCUT2D eigenvalue weighted by Gasteiger charge is -2.28. The van der Waals surface area contributed by atoms with Gasteiger partial charge in [0, 0.05) is 30.1 Å². The van der Waals surface area contributed by atoms with E-state index in [-0.39, 0.29) is 5.25 Å². The van der Waals surface area contributed by atoms with E-state index in [1.807, 2.05) is 25.1 Å². The first-order chi connectivity index (χ1) is 8.07. The van der Waals surface area contributed by atoms with Crippen LogP contribution >= 0.6 is 12.2 Å². The lowest BCUT2D eigenvalue weighted by Crippen LogP contribution is -2.39. The molecule has 1 fully saturated rings. The van der Waals surface area contributed by atoms with Gasteiger partial charge in [0.25, 0.3) is 0 Å². The molecule has 0 saturated heterocycles. The Morgan fingerprint density at radius 3 is 2.53 bits per heavy atom. The molecule has 0 heterocycles. The zero-order chi connectivity index (χ0) is 12.8. The molecule has 0 radical (unpaired) electrons. The Balaban J connectivity index is 2.71. The highest BCUT2D eigenvalue weighted by atomic mass is 32.2. The average molecular weight is 273 g/mol. The standard InChI is InChI=1S/C13H23NOS2/c1-4-8-12(13(16)14(2)3)17(15)11-9-6-5-7-10-11/h4,11-12H,1,5-10H2,2-3H3/t12-,17?/m0/s1. The number of hydrogen-bond donors (Lipinski definition) is 0. The molecule has 0 spiro atoms. The Bertz CT molecular complexity index is 296. The molecule has 2 nitrogen and oxygen atoms in total. The molecule has 4 heteroatoms. The van der Waals surface area contributed by atoms with E-state index in [9.17, 15) is 4.21 Å². The predicted molar refractivity (Wildman–Crippen MR) is 79.9 cm³/mol. The molecule has 0 aromatic heterocycles. The van der Waals surface area contributed by atoms with E-state index < -0.39 is 10.8 Å². The summed E-state index contributed by atoms with van der Waals surface area (Å²) in [6, 6.07) is 0. The summed E-state index contributed by atoms with van der Waals surface area (Å²) in [5.41, 5.74) is 0. The first kappa shape index (κ1) is 14.8. The van der Waals surface area contributed by atoms with E-state index >= 15 is 0 Å². The minimum absolute atomic E-state index is 0.0272. The van der Waals surface area contributed by atoms with Gasteiger partial charge in [0.2, 0.25) is 0 Å². The lowest BCUT2D eigenvalue weighted by atomic mass is 10.0. The molecule has 1 aliphatic rings. The van der Waals surface area contributed by atoms with Gasteiger partial charge in [-0.2, -0.15) is 0 Å². The van der Waals surface area contributed by atoms with Crippen LogP contribution in [0.2, 0.25) is 0 Å². The molecular formula is C13H23NOS2. The van der Waals surface area contributed by atoms with E-state index in [4.69, 9.17) is 12.2 Å². The Hall–Kier alpha value is -0.220. The molecular weight excluding hydrogens is 250 g/mol. The third kappa shape index (κ3) is 4.18. The maximum absolute atomic E-state index is 12.6. The highest BCUT2D eigenvalue weighted by molar-refractivity contribution is 7.90. The first-order valence-corrected chi connectivity index (χ1v) is 7.97. The third-order valence-electron chi connectivity index (χ3n) is 3.26. The van der Waals surface area contributed by atoms with Crippen LogP contribution in [-0.2, 0) is 10.8 Å². The van der Waals surface area contributed by atoms with Crippen LogP contribution in [0.5, 0.6) is 0 Å². The van der Waals surface area contributed by atoms with E-state index in [0.717, 1.165) is 24.3 Å². The lowest BCUT2D eigenvalue weighted by molar-refractivity contribution is 0.502. The molecule has 1 saturated carbocycles. The van der Waals surface area contributed by atoms with Crippen molar-refractivity contribution in [2.45, 2.75) is 49.0 Å². The van der Waals surface area contributed by atoms with Crippen molar-refractivity contribution >= 4 is 28.0 Å². The molecule has 0 amide bonds. The van der Waals surface area contributed by atoms with E-state index in [1.54, 1.807) is 0 Å². The highest BCUT2D eigenvalue weighted by Crippen LogP contribution is 2.25. The van der Waals surface area contributed by atoms with Crippen molar-refractivity contribution in [3.8, 4) is 0 Å². The predicted octanol–water partition coefficient (Wildman–Crippen LogP) is 2.90. The van der Waals surface area contributed by atoms with Crippen LogP contribution < -0.4 is 0 Å². The maximum atomic E-state index is 12.6. The van der Waals surface area contributed by atoms with Crippen molar-refractivity contribution in [2.75, 3.05) is 14.1 Å². The summed E-state index contributed by atoms with van der Waals surface area (Å²) in [6.07, 6.45) is 8.46. The van der Waals surface area contributed by atoms with Crippen LogP contribution in [0.4, 0.5) is 0 Å². The van der Waals surface area contributed by atoms with Gasteiger partial charge in [-0.25, -0.2) is 0 Å². The van der Waals surface area contributed by atoms with Gasteiger partial charge in [0.15, 0.2) is 0 Å². The van der Waals surface area contributed by atoms with E-state index in [0.29, 0.717) is 5.25 Å². The highest BCUT2D eigenvalue weighted by Gasteiger charge is 2.29. The van der Waals surface area contributed by atoms with Crippen molar-refractivity contribution in [1.29, 1.82) is 0 Å². The molecule has 0 N–H and O–H groups in total. The van der Waals surface area contributed by atoms with Gasteiger partial charge in [0.1, 0.15) is 0 Å². The molecule has 17 heavy (non-hydrogen) atoms. The molecule has 0 aliphatic heterocycles. The summed E-state index contributed by atoms with van der Waals surface area (Å²) < 4.78 is 12.6. The molecule has 2 atom stereocenters. The van der Waals surface area contributed by atoms with Crippen LogP contribution in [0.25, 0.3) is 0 Å². The fraction of sp³-hybridized carbons (Fsp3) is 0.769. The third-order valence-corrected chi connectivity index (χ3v) is 6.16. The molecule has 0 aromatic rings. The monoisotopic (exact) mass is 273 g/mol. The number of rotatable bonds is 5. The Morgan fingerprint density at radius 1 is 1.47 bits per heavy atom. The summed E-state index contributed by atoms with van der Waals surface area (Å²) in [5, 5.41) is 0.312. The van der Waals surface area contributed by atoms with Crippen LogP contribution in [0.15, 0.2) is 12.7 Å². The van der Waals surface area contributed by atoms with Crippen molar-refractivity contribution in [3.05, 3.63) is 12.7 Å². The molecule has 0 aromatic carbocycles. The van der Waals surface area contributed by atoms with Gasteiger partial charge < -0.3 is 4.90 Å². The largest absolute Gasteiger partial charge is 0.371 e. The molecule has 1 aliphatic carbocycles. The SMILES string of the molecule is C=CC[C@@H](C(=S)N(C)C)S(=O)C1CCCCC1. The Kier molecular flexibility index (Phi) is 6.34. The van der Waals surface area contributed by atoms with Crippen molar-refractivity contribution < 1.29 is 4.21 Å².